The molecule has 0 radical (unpaired) electrons. The first-order valence-corrected chi connectivity index (χ1v) is 6.67. The maximum Gasteiger partial charge on any atom is 0.234 e. The van der Waals surface area contributed by atoms with Gasteiger partial charge in [-0.2, -0.15) is 0 Å². The second-order valence-corrected chi connectivity index (χ2v) is 5.74. The minimum absolute atomic E-state index is 0.136. The Balaban J connectivity index is 2.28. The monoisotopic (exact) mass is 241 g/mol. The summed E-state index contributed by atoms with van der Waals surface area (Å²) in [4.78, 5) is 14.0. The second kappa shape index (κ2) is 6.36. The molecule has 100 valence electrons. The zero-order valence-corrected chi connectivity index (χ0v) is 11.6. The van der Waals surface area contributed by atoms with E-state index in [2.05, 4.69) is 37.9 Å². The fourth-order valence-electron chi connectivity index (χ4n) is 2.10. The van der Waals surface area contributed by atoms with Crippen LogP contribution in [0.1, 0.15) is 34.1 Å². The number of nitrogens with one attached hydrogen (secondary N) is 1. The molecule has 0 aliphatic carbocycles. The third kappa shape index (κ3) is 4.64. The summed E-state index contributed by atoms with van der Waals surface area (Å²) in [5, 5.41) is 3.04. The van der Waals surface area contributed by atoms with Crippen molar-refractivity contribution in [1.29, 1.82) is 0 Å². The lowest BCUT2D eigenvalue weighted by molar-refractivity contribution is -0.122. The minimum Gasteiger partial charge on any atom is -0.352 e. The predicted octanol–water partition coefficient (Wildman–Crippen LogP) is 0.816. The Labute approximate surface area is 105 Å². The molecule has 1 amide bonds. The van der Waals surface area contributed by atoms with Gasteiger partial charge in [0.05, 0.1) is 6.54 Å². The van der Waals surface area contributed by atoms with E-state index >= 15 is 0 Å². The zero-order valence-electron chi connectivity index (χ0n) is 11.6. The van der Waals surface area contributed by atoms with Gasteiger partial charge in [-0.15, -0.1) is 0 Å². The van der Waals surface area contributed by atoms with Crippen LogP contribution < -0.4 is 11.1 Å². The Morgan fingerprint density at radius 2 is 2.06 bits per heavy atom. The number of likely N-dealkylation sites (tertiary alicyclic amines) is 1. The van der Waals surface area contributed by atoms with Gasteiger partial charge < -0.3 is 11.1 Å². The van der Waals surface area contributed by atoms with E-state index in [0.717, 1.165) is 19.5 Å². The van der Waals surface area contributed by atoms with Gasteiger partial charge in [0.15, 0.2) is 0 Å². The molecule has 17 heavy (non-hydrogen) atoms. The van der Waals surface area contributed by atoms with Crippen molar-refractivity contribution in [2.45, 2.75) is 46.2 Å². The number of hydrogen-bond donors (Lipinski definition) is 2. The first kappa shape index (κ1) is 14.5. The van der Waals surface area contributed by atoms with Crippen LogP contribution in [0.5, 0.6) is 0 Å². The normalized spacial score (nSPS) is 24.9. The minimum atomic E-state index is 0.136. The van der Waals surface area contributed by atoms with Crippen LogP contribution in [0.3, 0.4) is 0 Å². The van der Waals surface area contributed by atoms with Gasteiger partial charge in [-0.3, -0.25) is 9.69 Å². The molecular weight excluding hydrogens is 214 g/mol. The average Bonchev–Trinajstić information content (AvgIpc) is 2.65. The number of carbonyl (C=O) groups excluding carboxylic acids is 1. The van der Waals surface area contributed by atoms with E-state index < -0.39 is 0 Å². The molecule has 0 aromatic carbocycles. The van der Waals surface area contributed by atoms with Crippen LogP contribution in [0, 0.1) is 11.8 Å². The molecule has 0 spiro atoms. The third-order valence-corrected chi connectivity index (χ3v) is 3.81. The Bertz CT molecular complexity index is 253. The fraction of sp³-hybridized carbons (Fsp3) is 0.923. The van der Waals surface area contributed by atoms with Gasteiger partial charge >= 0.3 is 0 Å². The summed E-state index contributed by atoms with van der Waals surface area (Å²) in [5.74, 6) is 1.16. The molecule has 3 atom stereocenters. The van der Waals surface area contributed by atoms with E-state index in [0.29, 0.717) is 18.4 Å². The lowest BCUT2D eigenvalue weighted by atomic mass is 10.0. The molecule has 4 heteroatoms. The van der Waals surface area contributed by atoms with Crippen LogP contribution in [-0.4, -0.2) is 42.5 Å². The zero-order chi connectivity index (χ0) is 13.0. The SMILES string of the molecule is CC(C)C(C)NC(=O)CN1CCC(C(C)N)C1. The topological polar surface area (TPSA) is 58.4 Å². The summed E-state index contributed by atoms with van der Waals surface area (Å²) in [6.45, 7) is 10.8. The Morgan fingerprint density at radius 1 is 1.41 bits per heavy atom. The van der Waals surface area contributed by atoms with Gasteiger partial charge in [0.2, 0.25) is 5.91 Å². The van der Waals surface area contributed by atoms with Crippen molar-refractivity contribution < 1.29 is 4.79 Å². The summed E-state index contributed by atoms with van der Waals surface area (Å²) >= 11 is 0. The first-order valence-electron chi connectivity index (χ1n) is 6.67. The van der Waals surface area contributed by atoms with Gasteiger partial charge in [-0.05, 0) is 38.6 Å². The quantitative estimate of drug-likeness (QED) is 0.749. The summed E-state index contributed by atoms with van der Waals surface area (Å²) in [7, 11) is 0. The molecular formula is C13H27N3O. The molecule has 0 aromatic heterocycles. The summed E-state index contributed by atoms with van der Waals surface area (Å²) in [6, 6.07) is 0.479. The predicted molar refractivity (Wildman–Crippen MR) is 70.6 cm³/mol. The molecule has 1 heterocycles. The number of rotatable bonds is 5. The lowest BCUT2D eigenvalue weighted by Crippen LogP contribution is -2.42. The van der Waals surface area contributed by atoms with Crippen molar-refractivity contribution in [3.63, 3.8) is 0 Å². The largest absolute Gasteiger partial charge is 0.352 e. The molecule has 3 N–H and O–H groups in total. The van der Waals surface area contributed by atoms with E-state index in [1.807, 2.05) is 0 Å². The van der Waals surface area contributed by atoms with Crippen molar-refractivity contribution in [1.82, 2.24) is 10.2 Å². The van der Waals surface area contributed by atoms with E-state index in [1.165, 1.54) is 0 Å². The number of hydrogen-bond acceptors (Lipinski definition) is 3. The van der Waals surface area contributed by atoms with Gasteiger partial charge in [0, 0.05) is 18.6 Å². The van der Waals surface area contributed by atoms with E-state index in [4.69, 9.17) is 5.73 Å². The van der Waals surface area contributed by atoms with Crippen LogP contribution in [0.25, 0.3) is 0 Å². The van der Waals surface area contributed by atoms with Crippen LogP contribution in [0.4, 0.5) is 0 Å². The Hall–Kier alpha value is -0.610. The van der Waals surface area contributed by atoms with Gasteiger partial charge in [0.25, 0.3) is 0 Å². The number of carbonyl (C=O) groups is 1. The van der Waals surface area contributed by atoms with Crippen LogP contribution in [-0.2, 0) is 4.79 Å². The van der Waals surface area contributed by atoms with E-state index in [9.17, 15) is 4.79 Å². The molecule has 0 bridgehead atoms. The summed E-state index contributed by atoms with van der Waals surface area (Å²) < 4.78 is 0. The maximum absolute atomic E-state index is 11.8. The standard InChI is InChI=1S/C13H27N3O/c1-9(2)11(4)15-13(17)8-16-6-5-12(7-16)10(3)14/h9-12H,5-8,14H2,1-4H3,(H,15,17). The molecule has 0 saturated carbocycles. The average molecular weight is 241 g/mol. The smallest absolute Gasteiger partial charge is 0.234 e. The first-order chi connectivity index (χ1) is 7.90. The molecule has 1 aliphatic rings. The molecule has 1 aliphatic heterocycles. The molecule has 1 rings (SSSR count). The van der Waals surface area contributed by atoms with Gasteiger partial charge in [-0.1, -0.05) is 13.8 Å². The highest BCUT2D eigenvalue weighted by Gasteiger charge is 2.26. The number of nitrogens with two attached hydrogens (primary N) is 1. The highest BCUT2D eigenvalue weighted by atomic mass is 16.2. The number of amides is 1. The van der Waals surface area contributed by atoms with E-state index in [1.54, 1.807) is 0 Å². The van der Waals surface area contributed by atoms with Crippen molar-refractivity contribution in [2.24, 2.45) is 17.6 Å². The maximum atomic E-state index is 11.8. The fourth-order valence-corrected chi connectivity index (χ4v) is 2.10. The summed E-state index contributed by atoms with van der Waals surface area (Å²) in [5.41, 5.74) is 5.88. The second-order valence-electron chi connectivity index (χ2n) is 5.74. The van der Waals surface area contributed by atoms with Crippen LogP contribution in [0.2, 0.25) is 0 Å². The Morgan fingerprint density at radius 3 is 2.53 bits per heavy atom. The summed E-state index contributed by atoms with van der Waals surface area (Å²) in [6.07, 6.45) is 1.12. The molecule has 3 unspecified atom stereocenters. The molecule has 1 fully saturated rings. The molecule has 1 saturated heterocycles. The highest BCUT2D eigenvalue weighted by Crippen LogP contribution is 2.17. The Kier molecular flexibility index (Phi) is 5.40. The van der Waals surface area contributed by atoms with E-state index in [-0.39, 0.29) is 18.0 Å². The van der Waals surface area contributed by atoms with Crippen molar-refractivity contribution in [3.8, 4) is 0 Å². The number of nitrogens with zero attached hydrogens (tertiary/aromatic N) is 1. The van der Waals surface area contributed by atoms with Crippen molar-refractivity contribution in [2.75, 3.05) is 19.6 Å². The van der Waals surface area contributed by atoms with Crippen molar-refractivity contribution in [3.05, 3.63) is 0 Å². The van der Waals surface area contributed by atoms with Gasteiger partial charge in [-0.25, -0.2) is 0 Å². The van der Waals surface area contributed by atoms with Gasteiger partial charge in [0.1, 0.15) is 0 Å². The molecule has 0 aromatic rings. The highest BCUT2D eigenvalue weighted by molar-refractivity contribution is 5.78. The van der Waals surface area contributed by atoms with Crippen LogP contribution in [0.15, 0.2) is 0 Å². The lowest BCUT2D eigenvalue weighted by Gasteiger charge is -2.21. The van der Waals surface area contributed by atoms with Crippen molar-refractivity contribution >= 4 is 5.91 Å². The third-order valence-electron chi connectivity index (χ3n) is 3.81. The van der Waals surface area contributed by atoms with Crippen LogP contribution >= 0.6 is 0 Å². The molecule has 4 nitrogen and oxygen atoms in total.